The number of quaternary nitrogens is 1. The molecule has 0 radical (unpaired) electrons. The lowest BCUT2D eigenvalue weighted by Crippen LogP contribution is -3.12. The highest BCUT2D eigenvalue weighted by Crippen LogP contribution is 2.19. The highest BCUT2D eigenvalue weighted by Gasteiger charge is 2.38. The van der Waals surface area contributed by atoms with Crippen LogP contribution < -0.4 is 15.5 Å². The molecule has 1 aliphatic heterocycles. The molecule has 0 aromatic heterocycles. The lowest BCUT2D eigenvalue weighted by Gasteiger charge is -2.30. The molecule has 0 saturated heterocycles. The van der Waals surface area contributed by atoms with Gasteiger partial charge in [-0.15, -0.1) is 0 Å². The van der Waals surface area contributed by atoms with Crippen LogP contribution in [0.3, 0.4) is 0 Å². The van der Waals surface area contributed by atoms with Crippen molar-refractivity contribution in [1.29, 1.82) is 0 Å². The fourth-order valence-corrected chi connectivity index (χ4v) is 3.54. The number of benzene rings is 1. The van der Waals surface area contributed by atoms with E-state index in [1.165, 1.54) is 17.0 Å². The van der Waals surface area contributed by atoms with Gasteiger partial charge in [0.1, 0.15) is 18.9 Å². The Hall–Kier alpha value is -2.41. The quantitative estimate of drug-likeness (QED) is 0.599. The van der Waals surface area contributed by atoms with E-state index in [0.29, 0.717) is 36.8 Å². The van der Waals surface area contributed by atoms with Gasteiger partial charge in [0, 0.05) is 18.4 Å². The largest absolute Gasteiger partial charge is 0.463 e. The zero-order valence-corrected chi connectivity index (χ0v) is 15.8. The van der Waals surface area contributed by atoms with Gasteiger partial charge in [0.2, 0.25) is 0 Å². The van der Waals surface area contributed by atoms with E-state index in [4.69, 9.17) is 4.74 Å². The minimum Gasteiger partial charge on any atom is -0.463 e. The first kappa shape index (κ1) is 19.4. The molecule has 2 atom stereocenters. The van der Waals surface area contributed by atoms with Gasteiger partial charge in [-0.25, -0.2) is 14.0 Å². The molecule has 3 N–H and O–H groups in total. The summed E-state index contributed by atoms with van der Waals surface area (Å²) in [5.41, 5.74) is 2.17. The Labute approximate surface area is 158 Å². The van der Waals surface area contributed by atoms with Crippen molar-refractivity contribution in [3.8, 4) is 0 Å². The predicted molar refractivity (Wildman–Crippen MR) is 98.4 cm³/mol. The maximum Gasteiger partial charge on any atom is 0.338 e. The van der Waals surface area contributed by atoms with E-state index < -0.39 is 0 Å². The summed E-state index contributed by atoms with van der Waals surface area (Å²) < 4.78 is 18.4. The predicted octanol–water partition coefficient (Wildman–Crippen LogP) is 1.28. The topological polar surface area (TPSA) is 71.9 Å². The molecule has 146 valence electrons. The minimum absolute atomic E-state index is 0.254. The molecule has 1 aromatic rings. The molecule has 7 heteroatoms. The van der Waals surface area contributed by atoms with Crippen molar-refractivity contribution >= 4 is 12.0 Å². The van der Waals surface area contributed by atoms with Gasteiger partial charge in [-0.2, -0.15) is 0 Å². The molecule has 1 saturated carbocycles. The van der Waals surface area contributed by atoms with Crippen LogP contribution in [0.5, 0.6) is 0 Å². The van der Waals surface area contributed by atoms with Crippen LogP contribution in [-0.4, -0.2) is 37.2 Å². The van der Waals surface area contributed by atoms with Crippen LogP contribution in [0.2, 0.25) is 0 Å². The Morgan fingerprint density at radius 3 is 2.52 bits per heavy atom. The molecule has 1 aromatic carbocycles. The van der Waals surface area contributed by atoms with Crippen molar-refractivity contribution in [2.45, 2.75) is 51.7 Å². The summed E-state index contributed by atoms with van der Waals surface area (Å²) in [5, 5.41) is 5.63. The standard InChI is InChI=1S/C20H26FN3O3/c1-3-16-18(19(25)27-4-2)17(23-20(26)22-16)12-24(15-9-10-15)11-13-5-7-14(21)8-6-13/h5-8,15-16H,3-4,9-12H2,1-2H3,(H2,22,23,26)/p+1/t16-/m0/s1. The van der Waals surface area contributed by atoms with E-state index >= 15 is 0 Å². The number of amides is 2. The highest BCUT2D eigenvalue weighted by molar-refractivity contribution is 5.94. The minimum atomic E-state index is -0.385. The Bertz CT molecular complexity index is 728. The highest BCUT2D eigenvalue weighted by atomic mass is 19.1. The zero-order chi connectivity index (χ0) is 19.4. The Morgan fingerprint density at radius 2 is 1.93 bits per heavy atom. The number of rotatable bonds is 8. The summed E-state index contributed by atoms with van der Waals surface area (Å²) >= 11 is 0. The number of carbonyl (C=O) groups is 2. The number of hydrogen-bond acceptors (Lipinski definition) is 3. The second kappa shape index (κ2) is 8.52. The van der Waals surface area contributed by atoms with Gasteiger partial charge in [-0.05, 0) is 25.5 Å². The molecular weight excluding hydrogens is 349 g/mol. The average Bonchev–Trinajstić information content (AvgIpc) is 3.47. The third kappa shape index (κ3) is 4.86. The SMILES string of the molecule is CCOC(=O)C1=C(C[NH+](Cc2ccc(F)cc2)C2CC2)NC(=O)N[C@H]1CC. The molecule has 2 aliphatic rings. The molecule has 1 fully saturated rings. The molecule has 1 unspecified atom stereocenters. The molecule has 2 amide bonds. The van der Waals surface area contributed by atoms with Crippen molar-refractivity contribution in [1.82, 2.24) is 10.6 Å². The summed E-state index contributed by atoms with van der Waals surface area (Å²) in [6.07, 6.45) is 2.84. The lowest BCUT2D eigenvalue weighted by atomic mass is 9.99. The van der Waals surface area contributed by atoms with E-state index in [1.807, 2.05) is 6.92 Å². The fraction of sp³-hybridized carbons (Fsp3) is 0.500. The van der Waals surface area contributed by atoms with Crippen LogP contribution in [-0.2, 0) is 16.1 Å². The smallest absolute Gasteiger partial charge is 0.338 e. The molecule has 0 spiro atoms. The number of nitrogens with one attached hydrogen (secondary N) is 3. The lowest BCUT2D eigenvalue weighted by molar-refractivity contribution is -0.920. The van der Waals surface area contributed by atoms with E-state index in [9.17, 15) is 14.0 Å². The molecule has 0 bridgehead atoms. The van der Waals surface area contributed by atoms with Gasteiger partial charge >= 0.3 is 12.0 Å². The maximum atomic E-state index is 13.2. The number of esters is 1. The van der Waals surface area contributed by atoms with Crippen molar-refractivity contribution < 1.29 is 23.6 Å². The molecule has 6 nitrogen and oxygen atoms in total. The first-order valence-corrected chi connectivity index (χ1v) is 9.58. The average molecular weight is 376 g/mol. The molecule has 1 heterocycles. The third-order valence-corrected chi connectivity index (χ3v) is 5.05. The first-order chi connectivity index (χ1) is 13.0. The van der Waals surface area contributed by atoms with Gasteiger partial charge in [-0.3, -0.25) is 0 Å². The van der Waals surface area contributed by atoms with E-state index in [0.717, 1.165) is 18.4 Å². The Morgan fingerprint density at radius 1 is 1.22 bits per heavy atom. The van der Waals surface area contributed by atoms with Crippen LogP contribution in [0.15, 0.2) is 35.5 Å². The Balaban J connectivity index is 1.85. The zero-order valence-electron chi connectivity index (χ0n) is 15.8. The summed E-state index contributed by atoms with van der Waals surface area (Å²) in [6.45, 7) is 5.22. The second-order valence-corrected chi connectivity index (χ2v) is 7.08. The van der Waals surface area contributed by atoms with E-state index in [-0.39, 0.29) is 30.5 Å². The molecular formula is C20H27FN3O3+. The van der Waals surface area contributed by atoms with Crippen molar-refractivity contribution in [2.75, 3.05) is 13.2 Å². The number of hydrogen-bond donors (Lipinski definition) is 3. The van der Waals surface area contributed by atoms with Crippen LogP contribution in [0.4, 0.5) is 9.18 Å². The first-order valence-electron chi connectivity index (χ1n) is 9.58. The molecule has 1 aliphatic carbocycles. The van der Waals surface area contributed by atoms with Gasteiger partial charge < -0.3 is 20.3 Å². The summed E-state index contributed by atoms with van der Waals surface area (Å²) in [5.74, 6) is -0.640. The molecule has 3 rings (SSSR count). The number of halogens is 1. The summed E-state index contributed by atoms with van der Waals surface area (Å²) in [6, 6.07) is 6.34. The number of ether oxygens (including phenoxy) is 1. The van der Waals surface area contributed by atoms with E-state index in [2.05, 4.69) is 10.6 Å². The van der Waals surface area contributed by atoms with Crippen molar-refractivity contribution in [3.05, 3.63) is 46.9 Å². The van der Waals surface area contributed by atoms with Crippen LogP contribution >= 0.6 is 0 Å². The van der Waals surface area contributed by atoms with Gasteiger partial charge in [0.05, 0.1) is 30.0 Å². The monoisotopic (exact) mass is 376 g/mol. The van der Waals surface area contributed by atoms with Crippen molar-refractivity contribution in [2.24, 2.45) is 0 Å². The summed E-state index contributed by atoms with van der Waals surface area (Å²) in [4.78, 5) is 25.9. The summed E-state index contributed by atoms with van der Waals surface area (Å²) in [7, 11) is 0. The van der Waals surface area contributed by atoms with Gasteiger partial charge in [-0.1, -0.05) is 19.1 Å². The second-order valence-electron chi connectivity index (χ2n) is 7.08. The van der Waals surface area contributed by atoms with Crippen molar-refractivity contribution in [3.63, 3.8) is 0 Å². The Kier molecular flexibility index (Phi) is 6.11. The third-order valence-electron chi connectivity index (χ3n) is 5.05. The van der Waals surface area contributed by atoms with E-state index in [1.54, 1.807) is 19.1 Å². The normalized spacial score (nSPS) is 20.7. The van der Waals surface area contributed by atoms with Gasteiger partial charge in [0.25, 0.3) is 0 Å². The molecule has 27 heavy (non-hydrogen) atoms. The maximum absolute atomic E-state index is 13.2. The van der Waals surface area contributed by atoms with Crippen LogP contribution in [0.1, 0.15) is 38.7 Å². The van der Waals surface area contributed by atoms with Crippen LogP contribution in [0, 0.1) is 5.82 Å². The fourth-order valence-electron chi connectivity index (χ4n) is 3.54. The van der Waals surface area contributed by atoms with Crippen LogP contribution in [0.25, 0.3) is 0 Å². The number of urea groups is 1. The van der Waals surface area contributed by atoms with Gasteiger partial charge in [0.15, 0.2) is 0 Å². The number of carbonyl (C=O) groups excluding carboxylic acids is 2.